The Morgan fingerprint density at radius 3 is 2.54 bits per heavy atom. The topological polar surface area (TPSA) is 35.5 Å². The smallest absolute Gasteiger partial charge is 0.310 e. The quantitative estimate of drug-likeness (QED) is 0.498. The van der Waals surface area contributed by atoms with Crippen LogP contribution < -0.4 is 0 Å². The second-order valence-corrected chi connectivity index (χ2v) is 3.81. The zero-order valence-corrected chi connectivity index (χ0v) is 8.41. The molecule has 1 saturated carbocycles. The highest BCUT2D eigenvalue weighted by Crippen LogP contribution is 2.20. The van der Waals surface area contributed by atoms with Gasteiger partial charge in [-0.3, -0.25) is 4.79 Å². The summed E-state index contributed by atoms with van der Waals surface area (Å²) in [6.07, 6.45) is 5.02. The number of carbonyl (C=O) groups excluding carboxylic acids is 1. The van der Waals surface area contributed by atoms with Gasteiger partial charge in [0.1, 0.15) is 0 Å². The summed E-state index contributed by atoms with van der Waals surface area (Å²) in [5.74, 6) is -0.245. The molecule has 1 aliphatic carbocycles. The zero-order valence-electron chi connectivity index (χ0n) is 8.41. The summed E-state index contributed by atoms with van der Waals surface area (Å²) in [5.41, 5.74) is 0. The molecule has 0 unspecified atom stereocenters. The van der Waals surface area contributed by atoms with Gasteiger partial charge in [-0.1, -0.05) is 26.7 Å². The molecule has 0 aromatic carbocycles. The number of ether oxygens (including phenoxy) is 2. The van der Waals surface area contributed by atoms with Crippen molar-refractivity contribution in [1.29, 1.82) is 0 Å². The van der Waals surface area contributed by atoms with E-state index in [0.717, 1.165) is 12.8 Å². The normalized spacial score (nSPS) is 18.1. The Labute approximate surface area is 79.4 Å². The second-order valence-electron chi connectivity index (χ2n) is 3.81. The molecule has 0 N–H and O–H groups in total. The van der Waals surface area contributed by atoms with Crippen LogP contribution >= 0.6 is 0 Å². The summed E-state index contributed by atoms with van der Waals surface area (Å²) in [4.78, 5) is 11.0. The molecule has 1 aliphatic rings. The van der Waals surface area contributed by atoms with Gasteiger partial charge in [-0.2, -0.15) is 0 Å². The van der Waals surface area contributed by atoms with E-state index >= 15 is 0 Å². The minimum Gasteiger partial charge on any atom is -0.438 e. The van der Waals surface area contributed by atoms with Crippen LogP contribution in [0.2, 0.25) is 0 Å². The molecule has 0 aliphatic heterocycles. The predicted molar refractivity (Wildman–Crippen MR) is 49.1 cm³/mol. The lowest BCUT2D eigenvalue weighted by molar-refractivity contribution is -0.164. The Balaban J connectivity index is 2.03. The molecule has 3 heteroatoms. The summed E-state index contributed by atoms with van der Waals surface area (Å²) < 4.78 is 10.3. The van der Waals surface area contributed by atoms with Gasteiger partial charge in [0.05, 0.1) is 12.0 Å². The van der Waals surface area contributed by atoms with Gasteiger partial charge in [0, 0.05) is 0 Å². The molecular weight excluding hydrogens is 168 g/mol. The summed E-state index contributed by atoms with van der Waals surface area (Å²) >= 11 is 0. The number of esters is 1. The highest BCUT2D eigenvalue weighted by Gasteiger charge is 2.16. The van der Waals surface area contributed by atoms with Gasteiger partial charge >= 0.3 is 5.97 Å². The largest absolute Gasteiger partial charge is 0.438 e. The first-order chi connectivity index (χ1) is 6.20. The van der Waals surface area contributed by atoms with Crippen LogP contribution in [0.25, 0.3) is 0 Å². The molecular formula is C10H18O3. The van der Waals surface area contributed by atoms with Crippen LogP contribution in [0.5, 0.6) is 0 Å². The maximum absolute atomic E-state index is 11.0. The SMILES string of the molecule is CC(C)C(=O)OCOC1CCCC1. The van der Waals surface area contributed by atoms with Gasteiger partial charge < -0.3 is 9.47 Å². The first kappa shape index (κ1) is 10.5. The van der Waals surface area contributed by atoms with Crippen molar-refractivity contribution >= 4 is 5.97 Å². The molecule has 0 aromatic heterocycles. The average Bonchev–Trinajstić information content (AvgIpc) is 2.56. The van der Waals surface area contributed by atoms with E-state index in [-0.39, 0.29) is 18.7 Å². The van der Waals surface area contributed by atoms with E-state index in [4.69, 9.17) is 9.47 Å². The maximum atomic E-state index is 11.0. The fraction of sp³-hybridized carbons (Fsp3) is 0.900. The molecule has 0 aromatic rings. The van der Waals surface area contributed by atoms with Gasteiger partial charge in [0.15, 0.2) is 6.79 Å². The molecule has 3 nitrogen and oxygen atoms in total. The third-order valence-corrected chi connectivity index (χ3v) is 2.28. The Morgan fingerprint density at radius 2 is 2.00 bits per heavy atom. The van der Waals surface area contributed by atoms with Crippen molar-refractivity contribution in [2.45, 2.75) is 45.6 Å². The first-order valence-electron chi connectivity index (χ1n) is 4.98. The van der Waals surface area contributed by atoms with E-state index in [2.05, 4.69) is 0 Å². The monoisotopic (exact) mass is 186 g/mol. The molecule has 0 heterocycles. The van der Waals surface area contributed by atoms with Gasteiger partial charge in [-0.05, 0) is 12.8 Å². The predicted octanol–water partition coefficient (Wildman–Crippen LogP) is 2.10. The van der Waals surface area contributed by atoms with Crippen LogP contribution in [0, 0.1) is 5.92 Å². The lowest BCUT2D eigenvalue weighted by atomic mass is 10.2. The van der Waals surface area contributed by atoms with E-state index in [1.807, 2.05) is 13.8 Å². The number of carbonyl (C=O) groups is 1. The van der Waals surface area contributed by atoms with Crippen LogP contribution in [-0.4, -0.2) is 18.9 Å². The zero-order chi connectivity index (χ0) is 9.68. The number of hydrogen-bond donors (Lipinski definition) is 0. The summed E-state index contributed by atoms with van der Waals surface area (Å²) in [7, 11) is 0. The van der Waals surface area contributed by atoms with Gasteiger partial charge in [-0.15, -0.1) is 0 Å². The molecule has 0 bridgehead atoms. The lowest BCUT2D eigenvalue weighted by Gasteiger charge is -2.12. The summed E-state index contributed by atoms with van der Waals surface area (Å²) in [5, 5.41) is 0. The summed E-state index contributed by atoms with van der Waals surface area (Å²) in [6, 6.07) is 0. The van der Waals surface area contributed by atoms with Crippen LogP contribution in [0.15, 0.2) is 0 Å². The van der Waals surface area contributed by atoms with E-state index in [1.54, 1.807) is 0 Å². The third kappa shape index (κ3) is 3.77. The minimum atomic E-state index is -0.182. The molecule has 0 saturated heterocycles. The van der Waals surface area contributed by atoms with E-state index < -0.39 is 0 Å². The van der Waals surface area contributed by atoms with Crippen LogP contribution in [0.3, 0.4) is 0 Å². The lowest BCUT2D eigenvalue weighted by Crippen LogP contribution is -2.17. The average molecular weight is 186 g/mol. The molecule has 1 rings (SSSR count). The van der Waals surface area contributed by atoms with Crippen molar-refractivity contribution in [3.05, 3.63) is 0 Å². The first-order valence-corrected chi connectivity index (χ1v) is 4.98. The molecule has 76 valence electrons. The van der Waals surface area contributed by atoms with E-state index in [1.165, 1.54) is 12.8 Å². The standard InChI is InChI=1S/C10H18O3/c1-8(2)10(11)13-7-12-9-5-3-4-6-9/h8-9H,3-7H2,1-2H3. The van der Waals surface area contributed by atoms with Crippen molar-refractivity contribution in [3.63, 3.8) is 0 Å². The van der Waals surface area contributed by atoms with Crippen LogP contribution in [0.1, 0.15) is 39.5 Å². The fourth-order valence-electron chi connectivity index (χ4n) is 1.41. The van der Waals surface area contributed by atoms with Crippen molar-refractivity contribution in [3.8, 4) is 0 Å². The number of rotatable bonds is 4. The van der Waals surface area contributed by atoms with Gasteiger partial charge in [0.2, 0.25) is 0 Å². The van der Waals surface area contributed by atoms with Crippen molar-refractivity contribution in [2.75, 3.05) is 6.79 Å². The Hall–Kier alpha value is -0.570. The minimum absolute atomic E-state index is 0.0628. The number of hydrogen-bond acceptors (Lipinski definition) is 3. The molecule has 0 radical (unpaired) electrons. The van der Waals surface area contributed by atoms with Gasteiger partial charge in [0.25, 0.3) is 0 Å². The Morgan fingerprint density at radius 1 is 1.38 bits per heavy atom. The summed E-state index contributed by atoms with van der Waals surface area (Å²) in [6.45, 7) is 3.76. The second kappa shape index (κ2) is 5.22. The molecule has 0 spiro atoms. The van der Waals surface area contributed by atoms with E-state index in [0.29, 0.717) is 6.10 Å². The Kier molecular flexibility index (Phi) is 4.22. The van der Waals surface area contributed by atoms with Gasteiger partial charge in [-0.25, -0.2) is 0 Å². The molecule has 13 heavy (non-hydrogen) atoms. The highest BCUT2D eigenvalue weighted by atomic mass is 16.7. The van der Waals surface area contributed by atoms with E-state index in [9.17, 15) is 4.79 Å². The third-order valence-electron chi connectivity index (χ3n) is 2.28. The Bertz CT molecular complexity index is 160. The fourth-order valence-corrected chi connectivity index (χ4v) is 1.41. The van der Waals surface area contributed by atoms with Crippen molar-refractivity contribution in [2.24, 2.45) is 5.92 Å². The maximum Gasteiger partial charge on any atom is 0.310 e. The van der Waals surface area contributed by atoms with Crippen molar-refractivity contribution in [1.82, 2.24) is 0 Å². The molecule has 1 fully saturated rings. The molecule has 0 atom stereocenters. The van der Waals surface area contributed by atoms with Crippen LogP contribution in [0.4, 0.5) is 0 Å². The van der Waals surface area contributed by atoms with Crippen molar-refractivity contribution < 1.29 is 14.3 Å². The highest BCUT2D eigenvalue weighted by molar-refractivity contribution is 5.71. The molecule has 0 amide bonds. The van der Waals surface area contributed by atoms with Crippen LogP contribution in [-0.2, 0) is 14.3 Å².